The zero-order valence-electron chi connectivity index (χ0n) is 12.8. The van der Waals surface area contributed by atoms with Crippen molar-refractivity contribution in [2.45, 2.75) is 59.2 Å². The first kappa shape index (κ1) is 14.6. The summed E-state index contributed by atoms with van der Waals surface area (Å²) in [6, 6.07) is 2.10. The van der Waals surface area contributed by atoms with E-state index in [1.54, 1.807) is 0 Å². The molecule has 1 aliphatic heterocycles. The van der Waals surface area contributed by atoms with E-state index in [1.807, 2.05) is 6.26 Å². The van der Waals surface area contributed by atoms with E-state index in [-0.39, 0.29) is 5.54 Å². The number of hydrogen-bond acceptors (Lipinski definition) is 3. The zero-order valence-corrected chi connectivity index (χ0v) is 12.8. The van der Waals surface area contributed by atoms with Crippen molar-refractivity contribution in [3.05, 3.63) is 23.7 Å². The van der Waals surface area contributed by atoms with Gasteiger partial charge in [0.25, 0.3) is 0 Å². The van der Waals surface area contributed by atoms with Crippen molar-refractivity contribution in [2.75, 3.05) is 13.1 Å². The van der Waals surface area contributed by atoms with Gasteiger partial charge < -0.3 is 9.73 Å². The second kappa shape index (κ2) is 6.10. The molecule has 0 saturated carbocycles. The first-order valence-electron chi connectivity index (χ1n) is 7.50. The Balaban J connectivity index is 1.89. The van der Waals surface area contributed by atoms with Gasteiger partial charge in [-0.3, -0.25) is 4.90 Å². The molecule has 3 heteroatoms. The Bertz CT molecular complexity index is 392. The van der Waals surface area contributed by atoms with Crippen LogP contribution in [0.25, 0.3) is 0 Å². The van der Waals surface area contributed by atoms with Crippen molar-refractivity contribution in [3.8, 4) is 0 Å². The van der Waals surface area contributed by atoms with Gasteiger partial charge in [0.2, 0.25) is 0 Å². The summed E-state index contributed by atoms with van der Waals surface area (Å²) < 4.78 is 5.68. The van der Waals surface area contributed by atoms with Crippen molar-refractivity contribution in [2.24, 2.45) is 5.92 Å². The average Bonchev–Trinajstić information content (AvgIpc) is 2.95. The van der Waals surface area contributed by atoms with Gasteiger partial charge in [-0.25, -0.2) is 0 Å². The number of nitrogens with one attached hydrogen (secondary N) is 1. The molecule has 2 rings (SSSR count). The maximum Gasteiger partial charge on any atom is 0.122 e. The summed E-state index contributed by atoms with van der Waals surface area (Å²) in [4.78, 5) is 2.52. The van der Waals surface area contributed by atoms with Gasteiger partial charge in [0.05, 0.1) is 12.8 Å². The summed E-state index contributed by atoms with van der Waals surface area (Å²) in [7, 11) is 0. The van der Waals surface area contributed by atoms with E-state index in [4.69, 9.17) is 4.42 Å². The maximum atomic E-state index is 5.68. The Kier molecular flexibility index (Phi) is 4.69. The minimum atomic E-state index is 0.148. The standard InChI is InChI=1S/C16H28N2O/c1-5-13-6-8-18(11-13)12-15-14(7-9-19-15)10-17-16(2,3)4/h7,9,13,17H,5-6,8,10-12H2,1-4H3. The molecule has 0 aliphatic carbocycles. The summed E-state index contributed by atoms with van der Waals surface area (Å²) in [6.07, 6.45) is 4.46. The lowest BCUT2D eigenvalue weighted by molar-refractivity contribution is 0.283. The fourth-order valence-corrected chi connectivity index (χ4v) is 2.62. The van der Waals surface area contributed by atoms with Crippen molar-refractivity contribution in [1.82, 2.24) is 10.2 Å². The van der Waals surface area contributed by atoms with Gasteiger partial charge in [0.1, 0.15) is 5.76 Å². The summed E-state index contributed by atoms with van der Waals surface area (Å²) in [5.74, 6) is 2.01. The molecule has 1 N–H and O–H groups in total. The highest BCUT2D eigenvalue weighted by Gasteiger charge is 2.22. The number of rotatable bonds is 5. The molecule has 19 heavy (non-hydrogen) atoms. The van der Waals surface area contributed by atoms with Crippen molar-refractivity contribution in [3.63, 3.8) is 0 Å². The molecule has 2 heterocycles. The van der Waals surface area contributed by atoms with Crippen molar-refractivity contribution >= 4 is 0 Å². The molecule has 1 aromatic heterocycles. The molecule has 1 aromatic rings. The van der Waals surface area contributed by atoms with Crippen molar-refractivity contribution < 1.29 is 4.42 Å². The fourth-order valence-electron chi connectivity index (χ4n) is 2.62. The number of likely N-dealkylation sites (tertiary alicyclic amines) is 1. The van der Waals surface area contributed by atoms with Crippen LogP contribution in [-0.2, 0) is 13.1 Å². The predicted molar refractivity (Wildman–Crippen MR) is 79.0 cm³/mol. The summed E-state index contributed by atoms with van der Waals surface area (Å²) in [5.41, 5.74) is 1.45. The van der Waals surface area contributed by atoms with Crippen LogP contribution in [-0.4, -0.2) is 23.5 Å². The molecular formula is C16H28N2O. The Labute approximate surface area is 117 Å². The van der Waals surface area contributed by atoms with Crippen LogP contribution in [0.5, 0.6) is 0 Å². The smallest absolute Gasteiger partial charge is 0.122 e. The third kappa shape index (κ3) is 4.36. The zero-order chi connectivity index (χ0) is 13.9. The molecule has 1 unspecified atom stereocenters. The van der Waals surface area contributed by atoms with Gasteiger partial charge in [-0.15, -0.1) is 0 Å². The molecule has 1 atom stereocenters. The lowest BCUT2D eigenvalue weighted by atomic mass is 10.1. The van der Waals surface area contributed by atoms with E-state index < -0.39 is 0 Å². The Morgan fingerprint density at radius 3 is 2.84 bits per heavy atom. The summed E-state index contributed by atoms with van der Waals surface area (Å²) in [6.45, 7) is 13.2. The molecule has 1 saturated heterocycles. The quantitative estimate of drug-likeness (QED) is 0.883. The van der Waals surface area contributed by atoms with E-state index in [0.29, 0.717) is 0 Å². The number of furan rings is 1. The first-order valence-corrected chi connectivity index (χ1v) is 7.50. The van der Waals surface area contributed by atoms with Crippen LogP contribution >= 0.6 is 0 Å². The predicted octanol–water partition coefficient (Wildman–Crippen LogP) is 3.40. The molecule has 1 fully saturated rings. The molecule has 0 amide bonds. The minimum Gasteiger partial charge on any atom is -0.468 e. The van der Waals surface area contributed by atoms with E-state index in [1.165, 1.54) is 31.5 Å². The highest BCUT2D eigenvalue weighted by Crippen LogP contribution is 2.22. The molecule has 0 bridgehead atoms. The Hall–Kier alpha value is -0.800. The first-order chi connectivity index (χ1) is 8.98. The van der Waals surface area contributed by atoms with Crippen LogP contribution in [0.2, 0.25) is 0 Å². The van der Waals surface area contributed by atoms with Gasteiger partial charge in [-0.2, -0.15) is 0 Å². The molecule has 0 spiro atoms. The highest BCUT2D eigenvalue weighted by molar-refractivity contribution is 5.17. The monoisotopic (exact) mass is 264 g/mol. The van der Waals surface area contributed by atoms with Gasteiger partial charge >= 0.3 is 0 Å². The van der Waals surface area contributed by atoms with Crippen molar-refractivity contribution in [1.29, 1.82) is 0 Å². The summed E-state index contributed by atoms with van der Waals surface area (Å²) >= 11 is 0. The normalized spacial score (nSPS) is 21.2. The van der Waals surface area contributed by atoms with Gasteiger partial charge in [-0.05, 0) is 45.7 Å². The fraction of sp³-hybridized carbons (Fsp3) is 0.750. The second-order valence-corrected chi connectivity index (χ2v) is 6.77. The molecular weight excluding hydrogens is 236 g/mol. The van der Waals surface area contributed by atoms with Crippen LogP contribution in [0, 0.1) is 5.92 Å². The van der Waals surface area contributed by atoms with Crippen LogP contribution in [0.4, 0.5) is 0 Å². The number of hydrogen-bond donors (Lipinski definition) is 1. The molecule has 3 nitrogen and oxygen atoms in total. The molecule has 108 valence electrons. The lowest BCUT2D eigenvalue weighted by Crippen LogP contribution is -2.35. The third-order valence-corrected chi connectivity index (χ3v) is 3.96. The van der Waals surface area contributed by atoms with Crippen LogP contribution in [0.3, 0.4) is 0 Å². The Morgan fingerprint density at radius 1 is 1.42 bits per heavy atom. The topological polar surface area (TPSA) is 28.4 Å². The minimum absolute atomic E-state index is 0.148. The SMILES string of the molecule is CCC1CCN(Cc2occc2CNC(C)(C)C)C1. The van der Waals surface area contributed by atoms with E-state index in [9.17, 15) is 0 Å². The van der Waals surface area contributed by atoms with E-state index in [2.05, 4.69) is 44.0 Å². The van der Waals surface area contributed by atoms with Gasteiger partial charge in [0.15, 0.2) is 0 Å². The molecule has 1 aliphatic rings. The van der Waals surface area contributed by atoms with Crippen LogP contribution < -0.4 is 5.32 Å². The molecule has 0 radical (unpaired) electrons. The van der Waals surface area contributed by atoms with E-state index >= 15 is 0 Å². The second-order valence-electron chi connectivity index (χ2n) is 6.77. The Morgan fingerprint density at radius 2 is 2.21 bits per heavy atom. The highest BCUT2D eigenvalue weighted by atomic mass is 16.3. The lowest BCUT2D eigenvalue weighted by Gasteiger charge is -2.21. The summed E-state index contributed by atoms with van der Waals surface area (Å²) in [5, 5.41) is 3.53. The van der Waals surface area contributed by atoms with Crippen LogP contribution in [0.15, 0.2) is 16.7 Å². The third-order valence-electron chi connectivity index (χ3n) is 3.96. The number of nitrogens with zero attached hydrogens (tertiary/aromatic N) is 1. The van der Waals surface area contributed by atoms with Gasteiger partial charge in [0, 0.05) is 24.2 Å². The maximum absolute atomic E-state index is 5.68. The largest absolute Gasteiger partial charge is 0.468 e. The van der Waals surface area contributed by atoms with Gasteiger partial charge in [-0.1, -0.05) is 13.3 Å². The average molecular weight is 264 g/mol. The molecule has 0 aromatic carbocycles. The van der Waals surface area contributed by atoms with Crippen LogP contribution in [0.1, 0.15) is 51.9 Å². The van der Waals surface area contributed by atoms with E-state index in [0.717, 1.165) is 24.8 Å².